The zero-order valence-electron chi connectivity index (χ0n) is 16.7. The van der Waals surface area contributed by atoms with E-state index in [1.165, 1.54) is 32.2 Å². The molecule has 3 rings (SSSR count). The number of hydrazone groups is 1. The van der Waals surface area contributed by atoms with Crippen LogP contribution in [0.15, 0.2) is 27.3 Å². The number of amides is 1. The summed E-state index contributed by atoms with van der Waals surface area (Å²) in [6.45, 7) is 0.642. The number of carboxylic acid groups (broad SMARTS) is 1. The van der Waals surface area contributed by atoms with Crippen LogP contribution >= 0.6 is 15.9 Å². The summed E-state index contributed by atoms with van der Waals surface area (Å²) < 4.78 is 79.3. The maximum absolute atomic E-state index is 14.2. The van der Waals surface area contributed by atoms with Gasteiger partial charge in [-0.05, 0) is 46.6 Å². The Morgan fingerprint density at radius 1 is 1.12 bits per heavy atom. The van der Waals surface area contributed by atoms with Gasteiger partial charge in [-0.2, -0.15) is 10.1 Å². The lowest BCUT2D eigenvalue weighted by Gasteiger charge is -2.15. The predicted molar refractivity (Wildman–Crippen MR) is 109 cm³/mol. The Hall–Kier alpha value is -3.48. The van der Waals surface area contributed by atoms with Gasteiger partial charge in [-0.25, -0.2) is 26.7 Å². The van der Waals surface area contributed by atoms with Crippen molar-refractivity contribution in [2.45, 2.75) is 6.92 Å². The van der Waals surface area contributed by atoms with E-state index in [2.05, 4.69) is 21.0 Å². The van der Waals surface area contributed by atoms with Gasteiger partial charge in [0.15, 0.2) is 41.4 Å². The van der Waals surface area contributed by atoms with Crippen LogP contribution < -0.4 is 14.5 Å². The van der Waals surface area contributed by atoms with Crippen LogP contribution in [0, 0.1) is 29.1 Å². The predicted octanol–water partition coefficient (Wildman–Crippen LogP) is 4.42. The van der Waals surface area contributed by atoms with Gasteiger partial charge in [0, 0.05) is 0 Å². The van der Waals surface area contributed by atoms with Crippen molar-refractivity contribution in [1.29, 1.82) is 0 Å². The van der Waals surface area contributed by atoms with Crippen molar-refractivity contribution < 1.29 is 46.1 Å². The first-order valence-corrected chi connectivity index (χ1v) is 9.62. The summed E-state index contributed by atoms with van der Waals surface area (Å²) in [6.07, 6.45) is 1.24. The molecular formula is C20H12BrF5N2O5. The van der Waals surface area contributed by atoms with Gasteiger partial charge < -0.3 is 14.6 Å². The fourth-order valence-corrected chi connectivity index (χ4v) is 3.45. The third-order valence-electron chi connectivity index (χ3n) is 4.36. The Labute approximate surface area is 190 Å². The minimum atomic E-state index is -2.36. The third kappa shape index (κ3) is 4.40. The lowest BCUT2D eigenvalue weighted by atomic mass is 10.1. The molecule has 1 aliphatic heterocycles. The molecule has 1 amide bonds. The number of rotatable bonds is 6. The molecule has 0 spiro atoms. The number of carbonyl (C=O) groups is 2. The molecule has 0 aliphatic carbocycles. The Morgan fingerprint density at radius 3 is 2.24 bits per heavy atom. The third-order valence-corrected chi connectivity index (χ3v) is 4.95. The molecular weight excluding hydrogens is 523 g/mol. The zero-order valence-corrected chi connectivity index (χ0v) is 18.3. The first-order chi connectivity index (χ1) is 15.5. The van der Waals surface area contributed by atoms with Crippen LogP contribution in [0.1, 0.15) is 12.5 Å². The van der Waals surface area contributed by atoms with Crippen LogP contribution in [0.25, 0.3) is 6.08 Å². The molecule has 2 aromatic carbocycles. The van der Waals surface area contributed by atoms with E-state index in [0.29, 0.717) is 5.56 Å². The molecule has 0 fully saturated rings. The minimum absolute atomic E-state index is 0.0632. The van der Waals surface area contributed by atoms with Crippen molar-refractivity contribution in [2.24, 2.45) is 5.10 Å². The first-order valence-electron chi connectivity index (χ1n) is 8.83. The van der Waals surface area contributed by atoms with Crippen molar-refractivity contribution in [2.75, 3.05) is 18.7 Å². The summed E-state index contributed by atoms with van der Waals surface area (Å²) in [7, 11) is 1.28. The Bertz CT molecular complexity index is 1220. The largest absolute Gasteiger partial charge is 0.493 e. The van der Waals surface area contributed by atoms with Crippen molar-refractivity contribution in [1.82, 2.24) is 0 Å². The van der Waals surface area contributed by atoms with E-state index in [0.717, 1.165) is 0 Å². The number of methoxy groups -OCH3 is 1. The molecule has 174 valence electrons. The minimum Gasteiger partial charge on any atom is -0.493 e. The normalized spacial score (nSPS) is 14.7. The summed E-state index contributed by atoms with van der Waals surface area (Å²) in [5.74, 6) is -13.4. The second-order valence-electron chi connectivity index (χ2n) is 6.50. The monoisotopic (exact) mass is 534 g/mol. The lowest BCUT2D eigenvalue weighted by molar-refractivity contribution is -0.139. The Balaban J connectivity index is 2.03. The molecule has 1 aliphatic rings. The van der Waals surface area contributed by atoms with Gasteiger partial charge >= 0.3 is 5.97 Å². The molecule has 0 bridgehead atoms. The summed E-state index contributed by atoms with van der Waals surface area (Å²) in [5, 5.41) is 12.5. The van der Waals surface area contributed by atoms with Crippen LogP contribution in [0.2, 0.25) is 0 Å². The number of carbonyl (C=O) groups excluding carboxylic acids is 1. The molecule has 13 heteroatoms. The molecule has 2 aromatic rings. The maximum Gasteiger partial charge on any atom is 0.341 e. The smallest absolute Gasteiger partial charge is 0.341 e. The summed E-state index contributed by atoms with van der Waals surface area (Å²) >= 11 is 3.19. The number of carboxylic acids is 1. The molecule has 7 nitrogen and oxygen atoms in total. The van der Waals surface area contributed by atoms with E-state index in [1.807, 2.05) is 0 Å². The van der Waals surface area contributed by atoms with E-state index in [-0.39, 0.29) is 32.3 Å². The Kier molecular flexibility index (Phi) is 6.72. The topological polar surface area (TPSA) is 88.4 Å². The van der Waals surface area contributed by atoms with Crippen LogP contribution in [-0.4, -0.2) is 36.4 Å². The molecule has 0 saturated heterocycles. The number of halogens is 6. The molecule has 1 heterocycles. The number of ether oxygens (including phenoxy) is 2. The molecule has 33 heavy (non-hydrogen) atoms. The fourth-order valence-electron chi connectivity index (χ4n) is 2.88. The van der Waals surface area contributed by atoms with Gasteiger partial charge in [0.1, 0.15) is 5.69 Å². The fraction of sp³-hybridized carbons (Fsp3) is 0.150. The highest BCUT2D eigenvalue weighted by atomic mass is 79.9. The summed E-state index contributed by atoms with van der Waals surface area (Å²) in [6, 6.07) is 2.80. The second-order valence-corrected chi connectivity index (χ2v) is 7.35. The van der Waals surface area contributed by atoms with Crippen molar-refractivity contribution >= 4 is 45.3 Å². The van der Waals surface area contributed by atoms with E-state index in [4.69, 9.17) is 14.6 Å². The first kappa shape index (κ1) is 24.2. The van der Waals surface area contributed by atoms with E-state index >= 15 is 0 Å². The van der Waals surface area contributed by atoms with Crippen LogP contribution in [0.4, 0.5) is 27.6 Å². The number of nitrogens with zero attached hydrogens (tertiary/aromatic N) is 2. The van der Waals surface area contributed by atoms with E-state index < -0.39 is 53.3 Å². The molecule has 0 aromatic heterocycles. The van der Waals surface area contributed by atoms with Gasteiger partial charge in [0.2, 0.25) is 5.82 Å². The molecule has 0 saturated carbocycles. The number of benzene rings is 2. The summed E-state index contributed by atoms with van der Waals surface area (Å²) in [5.41, 5.74) is -1.48. The quantitative estimate of drug-likeness (QED) is 0.256. The molecule has 1 N–H and O–H groups in total. The van der Waals surface area contributed by atoms with E-state index in [9.17, 15) is 31.5 Å². The van der Waals surface area contributed by atoms with Crippen LogP contribution in [0.3, 0.4) is 0 Å². The lowest BCUT2D eigenvalue weighted by Crippen LogP contribution is -2.25. The maximum atomic E-state index is 14.2. The van der Waals surface area contributed by atoms with Crippen molar-refractivity contribution in [3.63, 3.8) is 0 Å². The van der Waals surface area contributed by atoms with Gasteiger partial charge in [-0.1, -0.05) is 0 Å². The molecule has 0 atom stereocenters. The SMILES string of the molecule is COc1cc(/C=C2/C(=O)N(c3c(F)c(F)c(F)c(F)c3F)N=C2C)cc(Br)c1OCC(=O)O. The van der Waals surface area contributed by atoms with Crippen LogP contribution in [-0.2, 0) is 9.59 Å². The van der Waals surface area contributed by atoms with Gasteiger partial charge in [-0.15, -0.1) is 0 Å². The van der Waals surface area contributed by atoms with Gasteiger partial charge in [0.25, 0.3) is 5.91 Å². The molecule has 0 unspecified atom stereocenters. The number of anilines is 1. The average Bonchev–Trinajstić information content (AvgIpc) is 3.03. The van der Waals surface area contributed by atoms with Gasteiger partial charge in [-0.3, -0.25) is 4.79 Å². The van der Waals surface area contributed by atoms with Crippen molar-refractivity contribution in [3.05, 3.63) is 56.8 Å². The van der Waals surface area contributed by atoms with Crippen molar-refractivity contribution in [3.8, 4) is 11.5 Å². The molecule has 0 radical (unpaired) electrons. The van der Waals surface area contributed by atoms with Crippen LogP contribution in [0.5, 0.6) is 11.5 Å². The highest BCUT2D eigenvalue weighted by molar-refractivity contribution is 9.10. The second kappa shape index (κ2) is 9.17. The van der Waals surface area contributed by atoms with Gasteiger partial charge in [0.05, 0.1) is 22.9 Å². The highest BCUT2D eigenvalue weighted by Gasteiger charge is 2.37. The van der Waals surface area contributed by atoms with E-state index in [1.54, 1.807) is 0 Å². The highest BCUT2D eigenvalue weighted by Crippen LogP contribution is 2.38. The standard InChI is InChI=1S/C20H12BrF5N2O5/c1-7-9(3-8-4-10(21)19(11(5-8)32-2)33-6-12(29)30)20(31)28(27-7)18-16(25)14(23)13(22)15(24)17(18)26/h3-5H,6H2,1-2H3,(H,29,30)/b9-3+. The number of hydrogen-bond donors (Lipinski definition) is 1. The number of aliphatic carboxylic acids is 1. The number of hydrogen-bond acceptors (Lipinski definition) is 5. The Morgan fingerprint density at radius 2 is 1.70 bits per heavy atom. The summed E-state index contributed by atoms with van der Waals surface area (Å²) in [4.78, 5) is 23.5. The zero-order chi connectivity index (χ0) is 24.6. The average molecular weight is 535 g/mol.